The molecule has 1 atom stereocenters. The Kier molecular flexibility index (Phi) is 4.95. The van der Waals surface area contributed by atoms with Crippen LogP contribution in [0.15, 0.2) is 5.38 Å². The normalized spacial score (nSPS) is 20.3. The lowest BCUT2D eigenvalue weighted by atomic mass is 10.2. The largest absolute Gasteiger partial charge is 0.309 e. The molecule has 1 aromatic rings. The van der Waals surface area contributed by atoms with Crippen LogP contribution in [0.3, 0.4) is 0 Å². The lowest BCUT2D eigenvalue weighted by Crippen LogP contribution is -2.25. The molecule has 1 fully saturated rings. The summed E-state index contributed by atoms with van der Waals surface area (Å²) in [6.45, 7) is 9.01. The van der Waals surface area contributed by atoms with Crippen LogP contribution >= 0.6 is 11.3 Å². The molecule has 4 heteroatoms. The Bertz CT molecular complexity index is 327. The first-order valence-corrected chi connectivity index (χ1v) is 7.61. The van der Waals surface area contributed by atoms with Gasteiger partial charge in [-0.3, -0.25) is 0 Å². The molecule has 0 unspecified atom stereocenters. The van der Waals surface area contributed by atoms with Crippen molar-refractivity contribution in [2.75, 3.05) is 26.2 Å². The molecular formula is C13H23N3S. The van der Waals surface area contributed by atoms with Gasteiger partial charge in [0.05, 0.1) is 16.7 Å². The van der Waals surface area contributed by atoms with Crippen molar-refractivity contribution in [1.29, 1.82) is 0 Å². The van der Waals surface area contributed by atoms with Gasteiger partial charge in [0.25, 0.3) is 0 Å². The van der Waals surface area contributed by atoms with E-state index in [1.165, 1.54) is 23.5 Å². The number of hydrogen-bond acceptors (Lipinski definition) is 4. The summed E-state index contributed by atoms with van der Waals surface area (Å²) in [5, 5.41) is 7.04. The number of thiazole rings is 1. The molecule has 17 heavy (non-hydrogen) atoms. The van der Waals surface area contributed by atoms with Crippen molar-refractivity contribution in [2.45, 2.75) is 39.2 Å². The van der Waals surface area contributed by atoms with Gasteiger partial charge in [-0.05, 0) is 32.5 Å². The van der Waals surface area contributed by atoms with Crippen molar-refractivity contribution in [3.8, 4) is 0 Å². The van der Waals surface area contributed by atoms with Crippen LogP contribution in [0.25, 0.3) is 0 Å². The summed E-state index contributed by atoms with van der Waals surface area (Å²) in [5.41, 5.74) is 1.27. The van der Waals surface area contributed by atoms with Crippen molar-refractivity contribution in [3.05, 3.63) is 16.1 Å². The summed E-state index contributed by atoms with van der Waals surface area (Å²) in [5.74, 6) is 0. The Morgan fingerprint density at radius 2 is 2.29 bits per heavy atom. The Balaban J connectivity index is 1.85. The van der Waals surface area contributed by atoms with Gasteiger partial charge < -0.3 is 10.2 Å². The lowest BCUT2D eigenvalue weighted by Gasteiger charge is -2.16. The van der Waals surface area contributed by atoms with Crippen molar-refractivity contribution in [3.63, 3.8) is 0 Å². The highest BCUT2D eigenvalue weighted by Crippen LogP contribution is 2.24. The lowest BCUT2D eigenvalue weighted by molar-refractivity contribution is 0.307. The Hall–Kier alpha value is -0.450. The molecule has 1 aliphatic heterocycles. The minimum atomic E-state index is 0.522. The monoisotopic (exact) mass is 253 g/mol. The summed E-state index contributed by atoms with van der Waals surface area (Å²) >= 11 is 1.82. The second kappa shape index (κ2) is 6.47. The van der Waals surface area contributed by atoms with Crippen LogP contribution in [0.2, 0.25) is 0 Å². The van der Waals surface area contributed by atoms with Gasteiger partial charge in [0.15, 0.2) is 0 Å². The summed E-state index contributed by atoms with van der Waals surface area (Å²) in [6, 6.07) is 0.522. The van der Waals surface area contributed by atoms with Gasteiger partial charge in [-0.2, -0.15) is 0 Å². The van der Waals surface area contributed by atoms with Crippen molar-refractivity contribution in [1.82, 2.24) is 15.2 Å². The number of hydrogen-bond donors (Lipinski definition) is 1. The number of nitrogens with one attached hydrogen (secondary N) is 1. The van der Waals surface area contributed by atoms with E-state index in [1.807, 2.05) is 11.3 Å². The van der Waals surface area contributed by atoms with E-state index in [0.717, 1.165) is 32.6 Å². The highest BCUT2D eigenvalue weighted by molar-refractivity contribution is 7.09. The average Bonchev–Trinajstić information content (AvgIpc) is 3.01. The van der Waals surface area contributed by atoms with Crippen LogP contribution in [0.1, 0.15) is 43.4 Å². The van der Waals surface area contributed by atoms with Crippen molar-refractivity contribution >= 4 is 11.3 Å². The van der Waals surface area contributed by atoms with E-state index in [0.29, 0.717) is 6.04 Å². The van der Waals surface area contributed by atoms with Gasteiger partial charge in [-0.1, -0.05) is 13.8 Å². The van der Waals surface area contributed by atoms with E-state index < -0.39 is 0 Å². The zero-order valence-corrected chi connectivity index (χ0v) is 11.7. The quantitative estimate of drug-likeness (QED) is 0.844. The molecule has 1 saturated heterocycles. The highest BCUT2D eigenvalue weighted by atomic mass is 32.1. The topological polar surface area (TPSA) is 28.2 Å². The standard InChI is InChI=1S/C13H23N3S/c1-3-16(4-2)9-7-13-15-12(10-17-13)11-6-5-8-14-11/h10-11,14H,3-9H2,1-2H3/t11-/m0/s1. The van der Waals surface area contributed by atoms with E-state index in [2.05, 4.69) is 29.4 Å². The summed E-state index contributed by atoms with van der Waals surface area (Å²) in [6.07, 6.45) is 3.63. The van der Waals surface area contributed by atoms with E-state index in [-0.39, 0.29) is 0 Å². The molecule has 0 saturated carbocycles. The second-order valence-electron chi connectivity index (χ2n) is 4.59. The molecule has 2 rings (SSSR count). The third-order valence-electron chi connectivity index (χ3n) is 3.52. The van der Waals surface area contributed by atoms with Crippen LogP contribution in [-0.4, -0.2) is 36.1 Å². The van der Waals surface area contributed by atoms with Crippen LogP contribution in [0.5, 0.6) is 0 Å². The fourth-order valence-electron chi connectivity index (χ4n) is 2.33. The molecule has 0 radical (unpaired) electrons. The maximum Gasteiger partial charge on any atom is 0.0941 e. The summed E-state index contributed by atoms with van der Waals surface area (Å²) < 4.78 is 0. The number of nitrogens with zero attached hydrogens (tertiary/aromatic N) is 2. The third-order valence-corrected chi connectivity index (χ3v) is 4.45. The molecule has 0 aliphatic carbocycles. The van der Waals surface area contributed by atoms with Crippen molar-refractivity contribution < 1.29 is 0 Å². The first-order valence-electron chi connectivity index (χ1n) is 6.73. The first kappa shape index (κ1) is 13.0. The number of likely N-dealkylation sites (N-methyl/N-ethyl adjacent to an activating group) is 1. The fourth-order valence-corrected chi connectivity index (χ4v) is 3.17. The fraction of sp³-hybridized carbons (Fsp3) is 0.769. The third kappa shape index (κ3) is 3.50. The Labute approximate surface area is 108 Å². The summed E-state index contributed by atoms with van der Waals surface area (Å²) in [7, 11) is 0. The molecule has 0 amide bonds. The summed E-state index contributed by atoms with van der Waals surface area (Å²) in [4.78, 5) is 7.22. The number of rotatable bonds is 6. The molecule has 1 aromatic heterocycles. The van der Waals surface area contributed by atoms with Crippen LogP contribution < -0.4 is 5.32 Å². The maximum atomic E-state index is 4.76. The van der Waals surface area contributed by atoms with Gasteiger partial charge >= 0.3 is 0 Å². The minimum absolute atomic E-state index is 0.522. The van der Waals surface area contributed by atoms with E-state index in [4.69, 9.17) is 4.98 Å². The molecule has 2 heterocycles. The van der Waals surface area contributed by atoms with Gasteiger partial charge in [0.1, 0.15) is 0 Å². The van der Waals surface area contributed by atoms with E-state index >= 15 is 0 Å². The van der Waals surface area contributed by atoms with E-state index in [9.17, 15) is 0 Å². The zero-order valence-electron chi connectivity index (χ0n) is 10.9. The van der Waals surface area contributed by atoms with Crippen molar-refractivity contribution in [2.24, 2.45) is 0 Å². The molecule has 1 aliphatic rings. The average molecular weight is 253 g/mol. The first-order chi connectivity index (χ1) is 8.33. The highest BCUT2D eigenvalue weighted by Gasteiger charge is 2.18. The molecule has 1 N–H and O–H groups in total. The van der Waals surface area contributed by atoms with E-state index in [1.54, 1.807) is 0 Å². The second-order valence-corrected chi connectivity index (χ2v) is 5.53. The maximum absolute atomic E-state index is 4.76. The zero-order chi connectivity index (χ0) is 12.1. The van der Waals surface area contributed by atoms with Crippen LogP contribution in [0, 0.1) is 0 Å². The molecule has 3 nitrogen and oxygen atoms in total. The Morgan fingerprint density at radius 3 is 2.94 bits per heavy atom. The van der Waals surface area contributed by atoms with Gasteiger partial charge in [0, 0.05) is 18.3 Å². The molecular weight excluding hydrogens is 230 g/mol. The van der Waals surface area contributed by atoms with Crippen LogP contribution in [-0.2, 0) is 6.42 Å². The van der Waals surface area contributed by atoms with Crippen LogP contribution in [0.4, 0.5) is 0 Å². The molecule has 96 valence electrons. The predicted octanol–water partition coefficient (Wildman–Crippen LogP) is 2.45. The smallest absolute Gasteiger partial charge is 0.0941 e. The number of aromatic nitrogens is 1. The molecule has 0 spiro atoms. The molecule has 0 bridgehead atoms. The SMILES string of the molecule is CCN(CC)CCc1nc([C@@H]2CCCN2)cs1. The van der Waals surface area contributed by atoms with Gasteiger partial charge in [0.2, 0.25) is 0 Å². The molecule has 0 aromatic carbocycles. The minimum Gasteiger partial charge on any atom is -0.309 e. The van der Waals surface area contributed by atoms with Gasteiger partial charge in [-0.25, -0.2) is 4.98 Å². The van der Waals surface area contributed by atoms with Gasteiger partial charge in [-0.15, -0.1) is 11.3 Å². The predicted molar refractivity (Wildman–Crippen MR) is 73.6 cm³/mol. The Morgan fingerprint density at radius 1 is 1.47 bits per heavy atom.